The minimum absolute atomic E-state index is 0.285. The van der Waals surface area contributed by atoms with Crippen molar-refractivity contribution in [1.29, 1.82) is 0 Å². The SMILES string of the molecule is C[C@@H]1CCCCN1CCNc1ncnc2onc(-c3ccc(F)cc3)c12. The average Bonchev–Trinajstić information content (AvgIpc) is 3.09. The highest BCUT2D eigenvalue weighted by atomic mass is 19.1. The predicted molar refractivity (Wildman–Crippen MR) is 98.4 cm³/mol. The van der Waals surface area contributed by atoms with Crippen LogP contribution in [0.1, 0.15) is 26.2 Å². The number of nitrogens with zero attached hydrogens (tertiary/aromatic N) is 4. The molecule has 2 aromatic heterocycles. The quantitative estimate of drug-likeness (QED) is 0.752. The lowest BCUT2D eigenvalue weighted by atomic mass is 10.0. The predicted octanol–water partition coefficient (Wildman–Crippen LogP) is 3.71. The van der Waals surface area contributed by atoms with Crippen LogP contribution in [0.25, 0.3) is 22.4 Å². The monoisotopic (exact) mass is 355 g/mol. The topological polar surface area (TPSA) is 67.1 Å². The van der Waals surface area contributed by atoms with E-state index >= 15 is 0 Å². The van der Waals surface area contributed by atoms with Crippen molar-refractivity contribution in [2.24, 2.45) is 0 Å². The Labute approximate surface area is 151 Å². The van der Waals surface area contributed by atoms with E-state index in [1.807, 2.05) is 0 Å². The third-order valence-electron chi connectivity index (χ3n) is 5.02. The molecule has 1 N–H and O–H groups in total. The number of fused-ring (bicyclic) bond motifs is 1. The van der Waals surface area contributed by atoms with Gasteiger partial charge in [0.25, 0.3) is 5.71 Å². The third-order valence-corrected chi connectivity index (χ3v) is 5.02. The van der Waals surface area contributed by atoms with Gasteiger partial charge >= 0.3 is 0 Å². The smallest absolute Gasteiger partial charge is 0.263 e. The molecule has 4 rings (SSSR count). The van der Waals surface area contributed by atoms with E-state index in [4.69, 9.17) is 4.52 Å². The minimum Gasteiger partial charge on any atom is -0.368 e. The molecule has 136 valence electrons. The highest BCUT2D eigenvalue weighted by Gasteiger charge is 2.19. The zero-order valence-corrected chi connectivity index (χ0v) is 14.8. The molecule has 0 saturated carbocycles. The second-order valence-electron chi connectivity index (χ2n) is 6.75. The molecular weight excluding hydrogens is 333 g/mol. The Morgan fingerprint density at radius 2 is 2.08 bits per heavy atom. The highest BCUT2D eigenvalue weighted by molar-refractivity contribution is 5.97. The first-order chi connectivity index (χ1) is 12.7. The summed E-state index contributed by atoms with van der Waals surface area (Å²) in [6, 6.07) is 6.80. The molecule has 0 radical (unpaired) electrons. The molecule has 1 saturated heterocycles. The number of halogens is 1. The zero-order valence-electron chi connectivity index (χ0n) is 14.8. The first-order valence-corrected chi connectivity index (χ1v) is 9.06. The van der Waals surface area contributed by atoms with E-state index in [1.165, 1.54) is 37.7 Å². The van der Waals surface area contributed by atoms with Gasteiger partial charge in [0.15, 0.2) is 0 Å². The van der Waals surface area contributed by atoms with Crippen LogP contribution in [0.15, 0.2) is 35.1 Å². The second kappa shape index (κ2) is 7.37. The summed E-state index contributed by atoms with van der Waals surface area (Å²) in [5, 5.41) is 8.24. The van der Waals surface area contributed by atoms with E-state index in [-0.39, 0.29) is 5.82 Å². The number of rotatable bonds is 5. The molecule has 7 heteroatoms. The fraction of sp³-hybridized carbons (Fsp3) is 0.421. The Kier molecular flexibility index (Phi) is 4.79. The summed E-state index contributed by atoms with van der Waals surface area (Å²) in [4.78, 5) is 11.0. The molecule has 3 heterocycles. The summed E-state index contributed by atoms with van der Waals surface area (Å²) in [6.07, 6.45) is 5.31. The van der Waals surface area contributed by atoms with E-state index < -0.39 is 0 Å². The van der Waals surface area contributed by atoms with Gasteiger partial charge in [0.1, 0.15) is 29.0 Å². The molecule has 1 aromatic carbocycles. The van der Waals surface area contributed by atoms with Crippen molar-refractivity contribution in [3.05, 3.63) is 36.4 Å². The van der Waals surface area contributed by atoms with Crippen LogP contribution in [0.4, 0.5) is 10.2 Å². The molecule has 1 aliphatic rings. The van der Waals surface area contributed by atoms with E-state index in [0.29, 0.717) is 23.3 Å². The summed E-state index contributed by atoms with van der Waals surface area (Å²) >= 11 is 0. The van der Waals surface area contributed by atoms with Crippen molar-refractivity contribution < 1.29 is 8.91 Å². The van der Waals surface area contributed by atoms with Gasteiger partial charge in [-0.15, -0.1) is 0 Å². The van der Waals surface area contributed by atoms with Gasteiger partial charge < -0.3 is 9.84 Å². The Bertz CT molecular complexity index is 879. The molecular formula is C19H22FN5O. The van der Waals surface area contributed by atoms with Crippen molar-refractivity contribution in [2.45, 2.75) is 32.2 Å². The lowest BCUT2D eigenvalue weighted by molar-refractivity contribution is 0.167. The number of hydrogen-bond acceptors (Lipinski definition) is 6. The molecule has 0 unspecified atom stereocenters. The van der Waals surface area contributed by atoms with Crippen LogP contribution >= 0.6 is 0 Å². The normalized spacial score (nSPS) is 18.3. The van der Waals surface area contributed by atoms with Gasteiger partial charge in [-0.1, -0.05) is 11.6 Å². The van der Waals surface area contributed by atoms with Crippen molar-refractivity contribution in [2.75, 3.05) is 25.0 Å². The fourth-order valence-electron chi connectivity index (χ4n) is 3.53. The van der Waals surface area contributed by atoms with Gasteiger partial charge in [0, 0.05) is 24.7 Å². The van der Waals surface area contributed by atoms with Gasteiger partial charge in [-0.3, -0.25) is 4.90 Å². The summed E-state index contributed by atoms with van der Waals surface area (Å²) in [6.45, 7) is 5.18. The number of piperidine rings is 1. The van der Waals surface area contributed by atoms with Crippen LogP contribution in [0, 0.1) is 5.82 Å². The first kappa shape index (κ1) is 16.9. The largest absolute Gasteiger partial charge is 0.368 e. The van der Waals surface area contributed by atoms with Crippen LogP contribution < -0.4 is 5.32 Å². The maximum atomic E-state index is 13.2. The van der Waals surface area contributed by atoms with E-state index in [0.717, 1.165) is 30.6 Å². The van der Waals surface area contributed by atoms with Crippen LogP contribution in [0.2, 0.25) is 0 Å². The standard InChI is InChI=1S/C19H22FN5O/c1-13-4-2-3-10-25(13)11-9-21-18-16-17(14-5-7-15(20)8-6-14)24-26-19(16)23-12-22-18/h5-8,12-13H,2-4,9-11H2,1H3,(H,21,22,23)/t13-/m1/s1. The molecule has 0 spiro atoms. The van der Waals surface area contributed by atoms with Gasteiger partial charge in [-0.25, -0.2) is 9.37 Å². The Morgan fingerprint density at radius 1 is 1.23 bits per heavy atom. The molecule has 1 aliphatic heterocycles. The third kappa shape index (κ3) is 3.39. The number of anilines is 1. The highest BCUT2D eigenvalue weighted by Crippen LogP contribution is 2.31. The van der Waals surface area contributed by atoms with Gasteiger partial charge in [-0.2, -0.15) is 4.98 Å². The fourth-order valence-corrected chi connectivity index (χ4v) is 3.53. The Hall–Kier alpha value is -2.54. The van der Waals surface area contributed by atoms with Crippen LogP contribution in [-0.2, 0) is 0 Å². The van der Waals surface area contributed by atoms with Crippen molar-refractivity contribution >= 4 is 16.9 Å². The van der Waals surface area contributed by atoms with Gasteiger partial charge in [0.05, 0.1) is 0 Å². The maximum Gasteiger partial charge on any atom is 0.263 e. The molecule has 0 amide bonds. The summed E-state index contributed by atoms with van der Waals surface area (Å²) < 4.78 is 18.6. The van der Waals surface area contributed by atoms with E-state index in [9.17, 15) is 4.39 Å². The molecule has 6 nitrogen and oxygen atoms in total. The van der Waals surface area contributed by atoms with E-state index in [1.54, 1.807) is 12.1 Å². The summed E-state index contributed by atoms with van der Waals surface area (Å²) in [7, 11) is 0. The molecule has 0 aliphatic carbocycles. The van der Waals surface area contributed by atoms with Crippen LogP contribution in [0.3, 0.4) is 0 Å². The van der Waals surface area contributed by atoms with Gasteiger partial charge in [-0.05, 0) is 50.6 Å². The van der Waals surface area contributed by atoms with Crippen molar-refractivity contribution in [3.8, 4) is 11.3 Å². The van der Waals surface area contributed by atoms with E-state index in [2.05, 4.69) is 32.3 Å². The Morgan fingerprint density at radius 3 is 2.88 bits per heavy atom. The molecule has 26 heavy (non-hydrogen) atoms. The maximum absolute atomic E-state index is 13.2. The van der Waals surface area contributed by atoms with Crippen LogP contribution in [0.5, 0.6) is 0 Å². The van der Waals surface area contributed by atoms with Crippen molar-refractivity contribution in [1.82, 2.24) is 20.0 Å². The lowest BCUT2D eigenvalue weighted by Gasteiger charge is -2.33. The number of hydrogen-bond donors (Lipinski definition) is 1. The first-order valence-electron chi connectivity index (χ1n) is 9.06. The molecule has 1 atom stereocenters. The number of likely N-dealkylation sites (tertiary alicyclic amines) is 1. The summed E-state index contributed by atoms with van der Waals surface area (Å²) in [5.74, 6) is 0.409. The number of nitrogens with one attached hydrogen (secondary N) is 1. The molecule has 3 aromatic rings. The lowest BCUT2D eigenvalue weighted by Crippen LogP contribution is -2.40. The molecule has 0 bridgehead atoms. The minimum atomic E-state index is -0.285. The number of aromatic nitrogens is 3. The number of benzene rings is 1. The second-order valence-corrected chi connectivity index (χ2v) is 6.75. The van der Waals surface area contributed by atoms with Gasteiger partial charge in [0.2, 0.25) is 0 Å². The Balaban J connectivity index is 1.55. The average molecular weight is 355 g/mol. The molecule has 1 fully saturated rings. The zero-order chi connectivity index (χ0) is 17.9. The van der Waals surface area contributed by atoms with Crippen molar-refractivity contribution in [3.63, 3.8) is 0 Å². The summed E-state index contributed by atoms with van der Waals surface area (Å²) in [5.41, 5.74) is 1.82. The van der Waals surface area contributed by atoms with Crippen LogP contribution in [-0.4, -0.2) is 45.7 Å².